The summed E-state index contributed by atoms with van der Waals surface area (Å²) in [5, 5.41) is 17.9. The van der Waals surface area contributed by atoms with Crippen LogP contribution in [-0.4, -0.2) is 41.6 Å². The first-order chi connectivity index (χ1) is 14.1. The van der Waals surface area contributed by atoms with Crippen molar-refractivity contribution in [1.82, 2.24) is 15.5 Å². The average molecular weight is 432 g/mol. The fourth-order valence-electron chi connectivity index (χ4n) is 2.99. The van der Waals surface area contributed by atoms with Gasteiger partial charge in [-0.25, -0.2) is 0 Å². The average Bonchev–Trinajstić information content (AvgIpc) is 3.38. The van der Waals surface area contributed by atoms with Crippen LogP contribution >= 0.6 is 22.9 Å². The molecule has 0 unspecified atom stereocenters. The molecule has 2 aromatic heterocycles. The number of aryl methyl sites for hydroxylation is 1. The molecule has 8 nitrogen and oxygen atoms in total. The van der Waals surface area contributed by atoms with Gasteiger partial charge in [-0.15, -0.1) is 10.2 Å². The molecule has 0 atom stereocenters. The number of halogens is 1. The molecule has 1 aliphatic rings. The van der Waals surface area contributed by atoms with E-state index in [2.05, 4.69) is 20.8 Å². The molecule has 1 aliphatic heterocycles. The van der Waals surface area contributed by atoms with E-state index in [9.17, 15) is 9.59 Å². The maximum Gasteiger partial charge on any atom is 0.248 e. The molecule has 3 heterocycles. The summed E-state index contributed by atoms with van der Waals surface area (Å²) in [6.07, 6.45) is 0.550. The third kappa shape index (κ3) is 4.75. The highest BCUT2D eigenvalue weighted by Crippen LogP contribution is 2.29. The zero-order valence-electron chi connectivity index (χ0n) is 15.4. The van der Waals surface area contributed by atoms with Crippen LogP contribution in [0.25, 0.3) is 11.5 Å². The maximum absolute atomic E-state index is 12.3. The van der Waals surface area contributed by atoms with Gasteiger partial charge in [-0.3, -0.25) is 9.59 Å². The molecule has 0 radical (unpaired) electrons. The van der Waals surface area contributed by atoms with Crippen molar-refractivity contribution in [2.45, 2.75) is 12.8 Å². The number of rotatable bonds is 6. The molecule has 2 amide bonds. The van der Waals surface area contributed by atoms with E-state index in [1.807, 2.05) is 27.8 Å². The zero-order valence-corrected chi connectivity index (χ0v) is 16.9. The molecule has 3 aromatic rings. The van der Waals surface area contributed by atoms with Crippen LogP contribution in [0.2, 0.25) is 5.02 Å². The molecule has 2 N–H and O–H groups in total. The fraction of sp³-hybridized carbons (Fsp3) is 0.263. The summed E-state index contributed by atoms with van der Waals surface area (Å²) in [5.74, 6) is 0.655. The highest BCUT2D eigenvalue weighted by molar-refractivity contribution is 7.08. The van der Waals surface area contributed by atoms with Gasteiger partial charge in [-0.2, -0.15) is 11.3 Å². The van der Waals surface area contributed by atoms with E-state index in [4.69, 9.17) is 16.0 Å². The van der Waals surface area contributed by atoms with E-state index in [1.54, 1.807) is 23.5 Å². The van der Waals surface area contributed by atoms with Gasteiger partial charge >= 0.3 is 0 Å². The molecule has 0 bridgehead atoms. The zero-order chi connectivity index (χ0) is 20.2. The smallest absolute Gasteiger partial charge is 0.248 e. The molecule has 10 heteroatoms. The molecule has 29 heavy (non-hydrogen) atoms. The number of piperazine rings is 1. The fourth-order valence-corrected chi connectivity index (χ4v) is 3.92. The minimum absolute atomic E-state index is 0.0344. The van der Waals surface area contributed by atoms with Gasteiger partial charge in [0.2, 0.25) is 23.6 Å². The third-order valence-corrected chi connectivity index (χ3v) is 5.40. The summed E-state index contributed by atoms with van der Waals surface area (Å²) in [6, 6.07) is 7.16. The number of carbonyl (C=O) groups excluding carboxylic acids is 2. The van der Waals surface area contributed by atoms with Crippen LogP contribution in [0.4, 0.5) is 11.4 Å². The number of hydrogen-bond donors (Lipinski definition) is 2. The second-order valence-electron chi connectivity index (χ2n) is 6.50. The van der Waals surface area contributed by atoms with E-state index < -0.39 is 0 Å². The Hall–Kier alpha value is -2.91. The van der Waals surface area contributed by atoms with Crippen molar-refractivity contribution in [1.29, 1.82) is 0 Å². The first-order valence-electron chi connectivity index (χ1n) is 9.04. The lowest BCUT2D eigenvalue weighted by molar-refractivity contribution is -0.120. The minimum atomic E-state index is -0.179. The molecule has 150 valence electrons. The SMILES string of the molecule is O=C1CN(c2ccc(NC(=O)CCc3nnc(-c4ccsc4)o3)cc2Cl)CCN1. The summed E-state index contributed by atoms with van der Waals surface area (Å²) in [4.78, 5) is 25.7. The van der Waals surface area contributed by atoms with Gasteiger partial charge in [0.15, 0.2) is 0 Å². The number of benzene rings is 1. The molecule has 0 aliphatic carbocycles. The van der Waals surface area contributed by atoms with Gasteiger partial charge in [-0.1, -0.05) is 11.6 Å². The molecule has 4 rings (SSSR count). The summed E-state index contributed by atoms with van der Waals surface area (Å²) >= 11 is 7.91. The highest BCUT2D eigenvalue weighted by Gasteiger charge is 2.19. The Kier molecular flexibility index (Phi) is 5.77. The second kappa shape index (κ2) is 8.62. The van der Waals surface area contributed by atoms with E-state index in [0.717, 1.165) is 11.3 Å². The number of amides is 2. The van der Waals surface area contributed by atoms with Gasteiger partial charge in [-0.05, 0) is 29.6 Å². The van der Waals surface area contributed by atoms with Gasteiger partial charge in [0.05, 0.1) is 17.3 Å². The standard InChI is InChI=1S/C19H18ClN5O3S/c20-14-9-13(1-2-15(14)25-7-6-21-17(27)10-25)22-16(26)3-4-18-23-24-19(28-18)12-5-8-29-11-12/h1-2,5,8-9,11H,3-4,6-7,10H2,(H,21,27)(H,22,26). The third-order valence-electron chi connectivity index (χ3n) is 4.41. The van der Waals surface area contributed by atoms with Crippen molar-refractivity contribution in [3.8, 4) is 11.5 Å². The Morgan fingerprint density at radius 3 is 3.00 bits per heavy atom. The van der Waals surface area contributed by atoms with Crippen LogP contribution in [0.3, 0.4) is 0 Å². The number of nitrogens with one attached hydrogen (secondary N) is 2. The van der Waals surface area contributed by atoms with Gasteiger partial charge in [0.25, 0.3) is 0 Å². The van der Waals surface area contributed by atoms with E-state index in [1.165, 1.54) is 0 Å². The monoisotopic (exact) mass is 431 g/mol. The number of hydrogen-bond acceptors (Lipinski definition) is 7. The van der Waals surface area contributed by atoms with Crippen molar-refractivity contribution in [2.24, 2.45) is 0 Å². The largest absolute Gasteiger partial charge is 0.421 e. The molecule has 1 fully saturated rings. The Morgan fingerprint density at radius 2 is 2.24 bits per heavy atom. The second-order valence-corrected chi connectivity index (χ2v) is 7.69. The highest BCUT2D eigenvalue weighted by atomic mass is 35.5. The maximum atomic E-state index is 12.3. The Labute approximate surface area is 175 Å². The van der Waals surface area contributed by atoms with E-state index >= 15 is 0 Å². The number of nitrogens with zero attached hydrogens (tertiary/aromatic N) is 3. The lowest BCUT2D eigenvalue weighted by Gasteiger charge is -2.29. The van der Waals surface area contributed by atoms with Crippen molar-refractivity contribution in [3.05, 3.63) is 45.9 Å². The molecule has 0 saturated carbocycles. The predicted molar refractivity (Wildman–Crippen MR) is 111 cm³/mol. The van der Waals surface area contributed by atoms with E-state index in [-0.39, 0.29) is 24.8 Å². The van der Waals surface area contributed by atoms with Crippen LogP contribution in [0.5, 0.6) is 0 Å². The van der Waals surface area contributed by atoms with E-state index in [0.29, 0.717) is 42.0 Å². The Bertz CT molecular complexity index is 1020. The predicted octanol–water partition coefficient (Wildman–Crippen LogP) is 2.96. The normalized spacial score (nSPS) is 14.0. The Balaban J connectivity index is 1.32. The topological polar surface area (TPSA) is 100 Å². The van der Waals surface area contributed by atoms with Crippen LogP contribution in [0, 0.1) is 0 Å². The molecular weight excluding hydrogens is 414 g/mol. The molecule has 0 spiro atoms. The summed E-state index contributed by atoms with van der Waals surface area (Å²) in [6.45, 7) is 1.54. The number of thiophene rings is 1. The van der Waals surface area contributed by atoms with Crippen LogP contribution in [0.15, 0.2) is 39.4 Å². The lowest BCUT2D eigenvalue weighted by Crippen LogP contribution is -2.47. The van der Waals surface area contributed by atoms with Crippen molar-refractivity contribution in [2.75, 3.05) is 29.9 Å². The van der Waals surface area contributed by atoms with Crippen LogP contribution in [-0.2, 0) is 16.0 Å². The summed E-state index contributed by atoms with van der Waals surface area (Å²) in [7, 11) is 0. The first-order valence-corrected chi connectivity index (χ1v) is 10.4. The van der Waals surface area contributed by atoms with Crippen molar-refractivity contribution < 1.29 is 14.0 Å². The molecule has 1 aromatic carbocycles. The van der Waals surface area contributed by atoms with Crippen LogP contribution < -0.4 is 15.5 Å². The summed E-state index contributed by atoms with van der Waals surface area (Å²) in [5.41, 5.74) is 2.24. The number of carbonyl (C=O) groups is 2. The van der Waals surface area contributed by atoms with Crippen LogP contribution in [0.1, 0.15) is 12.3 Å². The summed E-state index contributed by atoms with van der Waals surface area (Å²) < 4.78 is 5.58. The Morgan fingerprint density at radius 1 is 1.34 bits per heavy atom. The van der Waals surface area contributed by atoms with Gasteiger partial charge < -0.3 is 20.0 Å². The lowest BCUT2D eigenvalue weighted by atomic mass is 10.2. The van der Waals surface area contributed by atoms with Crippen molar-refractivity contribution >= 4 is 46.1 Å². The number of aromatic nitrogens is 2. The molecule has 1 saturated heterocycles. The van der Waals surface area contributed by atoms with Gasteiger partial charge in [0, 0.05) is 42.6 Å². The molecular formula is C19H18ClN5O3S. The first kappa shape index (κ1) is 19.4. The number of anilines is 2. The van der Waals surface area contributed by atoms with Gasteiger partial charge in [0.1, 0.15) is 0 Å². The van der Waals surface area contributed by atoms with Crippen molar-refractivity contribution in [3.63, 3.8) is 0 Å². The minimum Gasteiger partial charge on any atom is -0.421 e. The quantitative estimate of drug-likeness (QED) is 0.622.